The molecule has 0 aromatic heterocycles. The van der Waals surface area contributed by atoms with Crippen molar-refractivity contribution < 1.29 is 28.6 Å². The largest absolute Gasteiger partial charge is 0.497 e. The van der Waals surface area contributed by atoms with Crippen LogP contribution in [-0.2, 0) is 4.79 Å². The third-order valence-corrected chi connectivity index (χ3v) is 7.44. The van der Waals surface area contributed by atoms with Crippen molar-refractivity contribution in [2.45, 2.75) is 50.6 Å². The summed E-state index contributed by atoms with van der Waals surface area (Å²) in [5.74, 6) is 1.08. The number of amides is 3. The van der Waals surface area contributed by atoms with Crippen LogP contribution in [0.25, 0.3) is 0 Å². The summed E-state index contributed by atoms with van der Waals surface area (Å²) in [6.45, 7) is 0.936. The maximum absolute atomic E-state index is 13.3. The summed E-state index contributed by atoms with van der Waals surface area (Å²) < 4.78 is 15.8. The monoisotopic (exact) mass is 523 g/mol. The second kappa shape index (κ2) is 12.7. The third kappa shape index (κ3) is 6.57. The lowest BCUT2D eigenvalue weighted by atomic mass is 9.88. The first-order chi connectivity index (χ1) is 18.4. The van der Waals surface area contributed by atoms with E-state index in [0.29, 0.717) is 47.9 Å². The molecule has 3 atom stereocenters. The van der Waals surface area contributed by atoms with Crippen molar-refractivity contribution in [2.24, 2.45) is 5.92 Å². The van der Waals surface area contributed by atoms with Crippen LogP contribution in [0.2, 0.25) is 0 Å². The van der Waals surface area contributed by atoms with E-state index >= 15 is 0 Å². The van der Waals surface area contributed by atoms with E-state index in [1.807, 2.05) is 0 Å². The van der Waals surface area contributed by atoms with Crippen LogP contribution in [0.15, 0.2) is 42.5 Å². The average molecular weight is 524 g/mol. The van der Waals surface area contributed by atoms with Crippen molar-refractivity contribution in [3.05, 3.63) is 53.6 Å². The molecule has 2 aromatic carbocycles. The number of rotatable bonds is 8. The second-order valence-electron chi connectivity index (χ2n) is 9.90. The Kier molecular flexibility index (Phi) is 9.10. The summed E-state index contributed by atoms with van der Waals surface area (Å²) in [7, 11) is 4.67. The zero-order chi connectivity index (χ0) is 27.1. The Morgan fingerprint density at radius 1 is 0.737 bits per heavy atom. The van der Waals surface area contributed by atoms with Crippen molar-refractivity contribution in [2.75, 3.05) is 34.4 Å². The Morgan fingerprint density at radius 3 is 1.95 bits per heavy atom. The van der Waals surface area contributed by atoms with Gasteiger partial charge in [0.05, 0.1) is 27.2 Å². The molecule has 2 N–H and O–H groups in total. The SMILES string of the molecule is COc1ccc(C(=O)N[C@@H]2CCCC[C@H]2NC(=O)[C@@H]2CCCN(C(=O)c3cc(OC)cc(OC)c3)C2)cc1. The summed E-state index contributed by atoms with van der Waals surface area (Å²) in [6.07, 6.45) is 5.06. The Balaban J connectivity index is 1.38. The molecule has 38 heavy (non-hydrogen) atoms. The number of nitrogens with zero attached hydrogens (tertiary/aromatic N) is 1. The Morgan fingerprint density at radius 2 is 1.34 bits per heavy atom. The van der Waals surface area contributed by atoms with E-state index in [1.54, 1.807) is 68.7 Å². The van der Waals surface area contributed by atoms with E-state index in [2.05, 4.69) is 10.6 Å². The fourth-order valence-corrected chi connectivity index (χ4v) is 5.26. The molecule has 3 amide bonds. The summed E-state index contributed by atoms with van der Waals surface area (Å²) in [5, 5.41) is 6.32. The third-order valence-electron chi connectivity index (χ3n) is 7.44. The normalized spacial score (nSPS) is 21.2. The van der Waals surface area contributed by atoms with Crippen LogP contribution in [0, 0.1) is 5.92 Å². The number of piperidine rings is 1. The van der Waals surface area contributed by atoms with Gasteiger partial charge in [-0.15, -0.1) is 0 Å². The molecular formula is C29H37N3O6. The van der Waals surface area contributed by atoms with Gasteiger partial charge in [0.15, 0.2) is 0 Å². The van der Waals surface area contributed by atoms with Crippen molar-refractivity contribution >= 4 is 17.7 Å². The number of benzene rings is 2. The van der Waals surface area contributed by atoms with Gasteiger partial charge in [-0.2, -0.15) is 0 Å². The minimum Gasteiger partial charge on any atom is -0.497 e. The molecule has 9 nitrogen and oxygen atoms in total. The molecule has 0 radical (unpaired) electrons. The number of ether oxygens (including phenoxy) is 3. The van der Waals surface area contributed by atoms with Crippen LogP contribution in [0.4, 0.5) is 0 Å². The highest BCUT2D eigenvalue weighted by Gasteiger charge is 2.33. The van der Waals surface area contributed by atoms with Gasteiger partial charge in [-0.25, -0.2) is 0 Å². The van der Waals surface area contributed by atoms with Gasteiger partial charge >= 0.3 is 0 Å². The highest BCUT2D eigenvalue weighted by molar-refractivity contribution is 5.96. The Hall–Kier alpha value is -3.75. The summed E-state index contributed by atoms with van der Waals surface area (Å²) in [6, 6.07) is 11.8. The van der Waals surface area contributed by atoms with Gasteiger partial charge in [0.25, 0.3) is 11.8 Å². The molecule has 1 saturated carbocycles. The van der Waals surface area contributed by atoms with E-state index in [9.17, 15) is 14.4 Å². The smallest absolute Gasteiger partial charge is 0.254 e. The molecule has 2 aliphatic rings. The lowest BCUT2D eigenvalue weighted by Crippen LogP contribution is -2.55. The lowest BCUT2D eigenvalue weighted by molar-refractivity contribution is -0.127. The maximum atomic E-state index is 13.3. The van der Waals surface area contributed by atoms with Gasteiger partial charge in [-0.05, 0) is 62.1 Å². The molecule has 9 heteroatoms. The van der Waals surface area contributed by atoms with Crippen LogP contribution < -0.4 is 24.8 Å². The molecular weight excluding hydrogens is 486 g/mol. The molecule has 0 bridgehead atoms. The predicted octanol–water partition coefficient (Wildman–Crippen LogP) is 3.42. The molecule has 1 aliphatic carbocycles. The zero-order valence-electron chi connectivity index (χ0n) is 22.3. The maximum Gasteiger partial charge on any atom is 0.254 e. The topological polar surface area (TPSA) is 106 Å². The fourth-order valence-electron chi connectivity index (χ4n) is 5.26. The van der Waals surface area contributed by atoms with E-state index in [0.717, 1.165) is 32.1 Å². The minimum atomic E-state index is -0.305. The molecule has 0 unspecified atom stereocenters. The van der Waals surface area contributed by atoms with Gasteiger partial charge < -0.3 is 29.7 Å². The molecule has 0 spiro atoms. The van der Waals surface area contributed by atoms with Crippen LogP contribution in [0.5, 0.6) is 17.2 Å². The zero-order valence-corrected chi connectivity index (χ0v) is 22.3. The molecule has 2 aromatic rings. The van der Waals surface area contributed by atoms with Crippen LogP contribution >= 0.6 is 0 Å². The number of hydrogen-bond acceptors (Lipinski definition) is 6. The molecule has 1 heterocycles. The van der Waals surface area contributed by atoms with E-state index in [4.69, 9.17) is 14.2 Å². The second-order valence-corrected chi connectivity index (χ2v) is 9.90. The summed E-state index contributed by atoms with van der Waals surface area (Å²) >= 11 is 0. The van der Waals surface area contributed by atoms with Gasteiger partial charge in [0.1, 0.15) is 17.2 Å². The standard InChI is InChI=1S/C29H37N3O6/c1-36-22-12-10-19(11-13-22)27(33)30-25-8-4-5-9-26(25)31-28(34)20-7-6-14-32(18-20)29(35)21-15-23(37-2)17-24(16-21)38-3/h10-13,15-17,20,25-26H,4-9,14,18H2,1-3H3,(H,30,33)(H,31,34)/t20-,25-,26-/m1/s1. The van der Waals surface area contributed by atoms with Crippen molar-refractivity contribution in [1.82, 2.24) is 15.5 Å². The first-order valence-electron chi connectivity index (χ1n) is 13.2. The molecule has 204 valence electrons. The van der Waals surface area contributed by atoms with Gasteiger partial charge in [-0.1, -0.05) is 12.8 Å². The molecule has 1 aliphatic heterocycles. The summed E-state index contributed by atoms with van der Waals surface area (Å²) in [5.41, 5.74) is 1.02. The quantitative estimate of drug-likeness (QED) is 0.549. The van der Waals surface area contributed by atoms with Crippen LogP contribution in [0.1, 0.15) is 59.2 Å². The van der Waals surface area contributed by atoms with E-state index < -0.39 is 0 Å². The number of hydrogen-bond donors (Lipinski definition) is 2. The van der Waals surface area contributed by atoms with E-state index in [1.165, 1.54) is 0 Å². The van der Waals surface area contributed by atoms with Crippen molar-refractivity contribution in [3.63, 3.8) is 0 Å². The van der Waals surface area contributed by atoms with Crippen LogP contribution in [-0.4, -0.2) is 69.1 Å². The first kappa shape index (κ1) is 27.3. The number of carbonyl (C=O) groups excluding carboxylic acids is 3. The Bertz CT molecular complexity index is 1110. The predicted molar refractivity (Wildman–Crippen MR) is 143 cm³/mol. The lowest BCUT2D eigenvalue weighted by Gasteiger charge is -2.36. The number of methoxy groups -OCH3 is 3. The highest BCUT2D eigenvalue weighted by Crippen LogP contribution is 2.26. The fraction of sp³-hybridized carbons (Fsp3) is 0.483. The number of nitrogens with one attached hydrogen (secondary N) is 2. The van der Waals surface area contributed by atoms with E-state index in [-0.39, 0.29) is 35.7 Å². The minimum absolute atomic E-state index is 0.0682. The molecule has 1 saturated heterocycles. The van der Waals surface area contributed by atoms with Gasteiger partial charge in [0, 0.05) is 42.4 Å². The van der Waals surface area contributed by atoms with Crippen LogP contribution in [0.3, 0.4) is 0 Å². The van der Waals surface area contributed by atoms with Crippen molar-refractivity contribution in [1.29, 1.82) is 0 Å². The first-order valence-corrected chi connectivity index (χ1v) is 13.2. The average Bonchev–Trinajstić information content (AvgIpc) is 2.97. The number of carbonyl (C=O) groups is 3. The van der Waals surface area contributed by atoms with Crippen molar-refractivity contribution in [3.8, 4) is 17.2 Å². The van der Waals surface area contributed by atoms with Gasteiger partial charge in [-0.3, -0.25) is 14.4 Å². The molecule has 4 rings (SSSR count). The Labute approximate surface area is 223 Å². The number of likely N-dealkylation sites (tertiary alicyclic amines) is 1. The van der Waals surface area contributed by atoms with Gasteiger partial charge in [0.2, 0.25) is 5.91 Å². The summed E-state index contributed by atoms with van der Waals surface area (Å²) in [4.78, 5) is 41.2. The highest BCUT2D eigenvalue weighted by atomic mass is 16.5. The molecule has 2 fully saturated rings.